The van der Waals surface area contributed by atoms with Crippen molar-refractivity contribution < 1.29 is 131 Å². The number of carboxylic acid groups (broad SMARTS) is 1. The zero-order valence-corrected chi connectivity index (χ0v) is 45.2. The van der Waals surface area contributed by atoms with E-state index in [9.17, 15) is 43.7 Å². The van der Waals surface area contributed by atoms with Gasteiger partial charge in [0.1, 0.15) is 34.8 Å². The third-order valence-corrected chi connectivity index (χ3v) is 13.0. The molecule has 1 atom stereocenters. The molecule has 2 aliphatic heterocycles. The molecule has 0 spiro atoms. The fraction of sp³-hybridized carbons (Fsp3) is 0.535. The maximum absolute atomic E-state index is 12.2. The minimum absolute atomic E-state index is 0. The first kappa shape index (κ1) is 60.1. The van der Waals surface area contributed by atoms with E-state index in [1.165, 1.54) is 18.2 Å². The molecule has 1 aromatic rings. The Morgan fingerprint density at radius 2 is 1.47 bits per heavy atom. The predicted molar refractivity (Wildman–Crippen MR) is 235 cm³/mol. The number of allylic oxidation sites excluding steroid dienone is 3. The van der Waals surface area contributed by atoms with Gasteiger partial charge >= 0.3 is 65.1 Å². The molecule has 66 heavy (non-hydrogen) atoms. The summed E-state index contributed by atoms with van der Waals surface area (Å²) in [4.78, 5) is 12.2. The van der Waals surface area contributed by atoms with E-state index >= 15 is 0 Å². The zero-order chi connectivity index (χ0) is 47.3. The van der Waals surface area contributed by atoms with Crippen molar-refractivity contribution in [1.82, 2.24) is 4.58 Å². The van der Waals surface area contributed by atoms with E-state index in [2.05, 4.69) is 20.8 Å². The van der Waals surface area contributed by atoms with Crippen LogP contribution in [0.5, 0.6) is 0 Å². The van der Waals surface area contributed by atoms with Crippen LogP contribution in [-0.4, -0.2) is 134 Å². The van der Waals surface area contributed by atoms with Gasteiger partial charge in [0.25, 0.3) is 0 Å². The average Bonchev–Trinajstić information content (AvgIpc) is 3.41. The number of carboxylic acids is 1. The largest absolute Gasteiger partial charge is 1.00 e. The van der Waals surface area contributed by atoms with E-state index in [1.54, 1.807) is 32.3 Å². The van der Waals surface area contributed by atoms with Gasteiger partial charge in [-0.2, -0.15) is 0 Å². The molecule has 1 aliphatic carbocycles. The van der Waals surface area contributed by atoms with Crippen molar-refractivity contribution in [2.75, 3.05) is 89.4 Å². The molecule has 3 aliphatic rings. The van der Waals surface area contributed by atoms with Crippen molar-refractivity contribution >= 4 is 48.1 Å². The second kappa shape index (κ2) is 26.8. The summed E-state index contributed by atoms with van der Waals surface area (Å²) in [6, 6.07) is 11.6. The van der Waals surface area contributed by atoms with Crippen LogP contribution in [0.4, 0.5) is 5.69 Å². The molecule has 1 N–H and O–H groups in total. The average molecular weight is 1000 g/mol. The molecule has 1 aromatic carbocycles. The summed E-state index contributed by atoms with van der Waals surface area (Å²) in [5.41, 5.74) is 1.89. The molecule has 0 saturated carbocycles. The van der Waals surface area contributed by atoms with Crippen LogP contribution in [0.15, 0.2) is 69.6 Å². The fourth-order valence-electron chi connectivity index (χ4n) is 7.48. The van der Waals surface area contributed by atoms with Crippen LogP contribution in [0, 0.1) is 0 Å². The Kier molecular flexibility index (Phi) is 24.4. The van der Waals surface area contributed by atoms with Crippen molar-refractivity contribution in [3.05, 3.63) is 82.6 Å². The quantitative estimate of drug-likeness (QED) is 0.0376. The van der Waals surface area contributed by atoms with Gasteiger partial charge in [-0.05, 0) is 78.8 Å². The van der Waals surface area contributed by atoms with Crippen LogP contribution in [0.25, 0.3) is 17.4 Å². The van der Waals surface area contributed by atoms with E-state index in [-0.39, 0.29) is 130 Å². The Morgan fingerprint density at radius 3 is 2.09 bits per heavy atom. The molecule has 0 amide bonds. The van der Waals surface area contributed by atoms with Crippen molar-refractivity contribution in [3.8, 4) is 11.3 Å². The fourth-order valence-corrected chi connectivity index (χ4v) is 8.96. The molecule has 18 nitrogen and oxygen atoms in total. The topological polar surface area (TPSA) is 265 Å². The molecule has 4 rings (SSSR count). The molecule has 0 aromatic heterocycles. The Balaban J connectivity index is 0.00000748. The molecule has 0 saturated heterocycles. The molecule has 2 heterocycles. The maximum atomic E-state index is 12.2. The summed E-state index contributed by atoms with van der Waals surface area (Å²) in [7, 11) is -12.4. The zero-order valence-electron chi connectivity index (χ0n) is 38.8. The van der Waals surface area contributed by atoms with E-state index in [4.69, 9.17) is 28.5 Å². The number of carbonyl (C=O) groups is 1. The van der Waals surface area contributed by atoms with Crippen molar-refractivity contribution in [1.29, 1.82) is 0 Å². The van der Waals surface area contributed by atoms with Crippen LogP contribution in [0.2, 0.25) is 0 Å². The first-order valence-corrected chi connectivity index (χ1v) is 25.2. The summed E-state index contributed by atoms with van der Waals surface area (Å²) in [6.07, 6.45) is 5.19. The molecular formula is C43H58N2Na2O16S3. The molecule has 1 unspecified atom stereocenters. The third-order valence-electron chi connectivity index (χ3n) is 10.6. The van der Waals surface area contributed by atoms with Gasteiger partial charge in [0.2, 0.25) is 5.36 Å². The number of methoxy groups -OCH3 is 1. The van der Waals surface area contributed by atoms with Crippen molar-refractivity contribution in [3.63, 3.8) is 0 Å². The number of hydrogen-bond acceptors (Lipinski definition) is 16. The predicted octanol–water partition coefficient (Wildman–Crippen LogP) is -2.53. The number of anilines is 1. The number of fused-ring (bicyclic) bond motifs is 2. The second-order valence-corrected chi connectivity index (χ2v) is 20.9. The maximum Gasteiger partial charge on any atom is 1.00 e. The Labute approximate surface area is 432 Å². The van der Waals surface area contributed by atoms with Crippen LogP contribution in [0.1, 0.15) is 70.3 Å². The summed E-state index contributed by atoms with van der Waals surface area (Å²) in [5, 5.41) is 9.56. The molecule has 23 heteroatoms. The number of rotatable bonds is 26. The number of benzene rings is 2. The molecule has 0 radical (unpaired) electrons. The SMILES string of the molecule is COCCOCC[N+](CCCS(=O)(=O)[O-])=c1ccc2c(C(C)(C)C)cc(/C=C/C=C3/N(CCOCCOCCC(=O)O)c4ccc(S(=O)(=O)[O-])cc4C3(C)CCCS(=O)(=O)[O-])oc-2c1.[Na+].[Na+]. The summed E-state index contributed by atoms with van der Waals surface area (Å²) in [6.45, 7) is 10.3. The Hall–Kier alpha value is -2.03. The number of nitrogens with zero attached hydrogens (tertiary/aromatic N) is 2. The summed E-state index contributed by atoms with van der Waals surface area (Å²) < 4.78 is 136. The van der Waals surface area contributed by atoms with E-state index in [1.807, 2.05) is 33.7 Å². The standard InChI is InChI=1S/C43H60N2O16S3.2Na/c1-42(2,3)36-30-33(61-39-29-32(11-13-35(36)39)44(17-8-28-63(51,52)53)18-21-59-24-23-57-5)9-6-10-40-43(4,16-7-27-62(48,49)50)37-31-34(64(54,55)56)12-14-38(37)45(40)19-22-60-26-25-58-20-15-41(46)47;;/h6,9-14,29-31H,7-8,15-28H2,1-5H3,(H3-,46,47,48,49,50,51,52,53,54,55,56);;/q;2*+1/p-2. The van der Waals surface area contributed by atoms with Gasteiger partial charge in [0, 0.05) is 60.0 Å². The summed E-state index contributed by atoms with van der Waals surface area (Å²) in [5.74, 6) is -1.22. The molecular weight excluding hydrogens is 943 g/mol. The third kappa shape index (κ3) is 18.7. The van der Waals surface area contributed by atoms with Crippen molar-refractivity contribution in [2.45, 2.75) is 69.1 Å². The van der Waals surface area contributed by atoms with Crippen LogP contribution < -0.4 is 73.9 Å². The summed E-state index contributed by atoms with van der Waals surface area (Å²) >= 11 is 0. The Morgan fingerprint density at radius 1 is 0.833 bits per heavy atom. The first-order valence-electron chi connectivity index (χ1n) is 20.7. The van der Waals surface area contributed by atoms with Gasteiger partial charge in [0.05, 0.1) is 77.3 Å². The van der Waals surface area contributed by atoms with Gasteiger partial charge in [-0.25, -0.2) is 29.8 Å². The van der Waals surface area contributed by atoms with Gasteiger partial charge < -0.3 is 47.0 Å². The second-order valence-electron chi connectivity index (χ2n) is 16.5. The first-order chi connectivity index (χ1) is 29.9. The minimum atomic E-state index is -4.89. The van der Waals surface area contributed by atoms with E-state index in [0.29, 0.717) is 60.2 Å². The normalized spacial score (nSPS) is 16.7. The van der Waals surface area contributed by atoms with Gasteiger partial charge in [-0.1, -0.05) is 26.8 Å². The number of hydrogen-bond donors (Lipinski definition) is 1. The smallest absolute Gasteiger partial charge is 0.748 e. The molecule has 0 fully saturated rings. The van der Waals surface area contributed by atoms with Crippen molar-refractivity contribution in [2.24, 2.45) is 0 Å². The van der Waals surface area contributed by atoms with Gasteiger partial charge in [-0.3, -0.25) is 4.79 Å². The minimum Gasteiger partial charge on any atom is -0.748 e. The molecule has 356 valence electrons. The molecule has 0 bridgehead atoms. The van der Waals surface area contributed by atoms with Crippen LogP contribution in [0.3, 0.4) is 0 Å². The van der Waals surface area contributed by atoms with Gasteiger partial charge in [-0.15, -0.1) is 0 Å². The van der Waals surface area contributed by atoms with Gasteiger partial charge in [0.15, 0.2) is 6.54 Å². The monoisotopic (exact) mass is 1000 g/mol. The van der Waals surface area contributed by atoms with E-state index in [0.717, 1.165) is 11.1 Å². The van der Waals surface area contributed by atoms with E-state index < -0.39 is 58.1 Å². The Bertz CT molecular complexity index is 2520. The van der Waals surface area contributed by atoms with Crippen LogP contribution >= 0.6 is 0 Å². The number of aliphatic carboxylic acids is 1. The number of ether oxygens (including phenoxy) is 4. The van der Waals surface area contributed by atoms with Crippen LogP contribution in [-0.2, 0) is 64.9 Å².